The quantitative estimate of drug-likeness (QED) is 0.705. The Bertz CT molecular complexity index is 320. The Morgan fingerprint density at radius 3 is 2.88 bits per heavy atom. The van der Waals surface area contributed by atoms with Crippen LogP contribution in [0.15, 0.2) is 6.20 Å². The number of methoxy groups -OCH3 is 1. The van der Waals surface area contributed by atoms with Gasteiger partial charge in [-0.25, -0.2) is 4.98 Å². The van der Waals surface area contributed by atoms with E-state index < -0.39 is 0 Å². The average molecular weight is 239 g/mol. The summed E-state index contributed by atoms with van der Waals surface area (Å²) in [6, 6.07) is 0. The van der Waals surface area contributed by atoms with E-state index in [4.69, 9.17) is 4.74 Å². The summed E-state index contributed by atoms with van der Waals surface area (Å²) in [5.74, 6) is 1.77. The van der Waals surface area contributed by atoms with Crippen LogP contribution >= 0.6 is 0 Å². The zero-order chi connectivity index (χ0) is 12.7. The molecule has 0 aliphatic rings. The molecule has 0 amide bonds. The maximum Gasteiger partial charge on any atom is 0.105 e. The number of aromatic nitrogens is 2. The summed E-state index contributed by atoms with van der Waals surface area (Å²) in [6.45, 7) is 10.2. The molecule has 0 fully saturated rings. The van der Waals surface area contributed by atoms with Crippen molar-refractivity contribution in [2.45, 2.75) is 40.3 Å². The number of nitrogens with one attached hydrogen (secondary N) is 1. The minimum atomic E-state index is 0.681. The minimum absolute atomic E-state index is 0.681. The van der Waals surface area contributed by atoms with Gasteiger partial charge in [0.15, 0.2) is 0 Å². The minimum Gasteiger partial charge on any atom is -0.385 e. The third-order valence-corrected chi connectivity index (χ3v) is 2.73. The molecule has 1 aromatic rings. The fourth-order valence-electron chi connectivity index (χ4n) is 1.82. The first-order chi connectivity index (χ1) is 8.15. The van der Waals surface area contributed by atoms with Crippen molar-refractivity contribution in [2.75, 3.05) is 20.3 Å². The van der Waals surface area contributed by atoms with Crippen molar-refractivity contribution in [3.05, 3.63) is 17.7 Å². The highest BCUT2D eigenvalue weighted by Gasteiger charge is 2.06. The third-order valence-electron chi connectivity index (χ3n) is 2.73. The van der Waals surface area contributed by atoms with Gasteiger partial charge in [-0.1, -0.05) is 13.8 Å². The van der Waals surface area contributed by atoms with Crippen LogP contribution in [0.25, 0.3) is 0 Å². The second-order valence-electron chi connectivity index (χ2n) is 4.82. The highest BCUT2D eigenvalue weighted by molar-refractivity contribution is 5.04. The van der Waals surface area contributed by atoms with E-state index in [0.29, 0.717) is 5.92 Å². The van der Waals surface area contributed by atoms with E-state index >= 15 is 0 Å². The van der Waals surface area contributed by atoms with Gasteiger partial charge in [0.2, 0.25) is 0 Å². The molecular formula is C13H25N3O. The summed E-state index contributed by atoms with van der Waals surface area (Å²) >= 11 is 0. The molecule has 0 aliphatic carbocycles. The van der Waals surface area contributed by atoms with E-state index in [-0.39, 0.29) is 0 Å². The fourth-order valence-corrected chi connectivity index (χ4v) is 1.82. The summed E-state index contributed by atoms with van der Waals surface area (Å²) < 4.78 is 7.35. The molecule has 4 nitrogen and oxygen atoms in total. The number of aryl methyl sites for hydroxylation is 1. The van der Waals surface area contributed by atoms with Gasteiger partial charge in [0, 0.05) is 33.0 Å². The van der Waals surface area contributed by atoms with Gasteiger partial charge in [-0.05, 0) is 25.8 Å². The fraction of sp³-hybridized carbons (Fsp3) is 0.769. The van der Waals surface area contributed by atoms with Crippen molar-refractivity contribution < 1.29 is 4.74 Å². The number of hydrogen-bond acceptors (Lipinski definition) is 3. The molecule has 98 valence electrons. The van der Waals surface area contributed by atoms with E-state index in [9.17, 15) is 0 Å². The Hall–Kier alpha value is -0.870. The van der Waals surface area contributed by atoms with Crippen LogP contribution in [0.5, 0.6) is 0 Å². The monoisotopic (exact) mass is 239 g/mol. The first-order valence-electron chi connectivity index (χ1n) is 6.35. The van der Waals surface area contributed by atoms with Gasteiger partial charge in [0.1, 0.15) is 5.82 Å². The number of nitrogens with zero attached hydrogens (tertiary/aromatic N) is 2. The summed E-state index contributed by atoms with van der Waals surface area (Å²) in [5, 5.41) is 3.45. The van der Waals surface area contributed by atoms with Crippen LogP contribution in [0, 0.1) is 12.8 Å². The Morgan fingerprint density at radius 1 is 1.47 bits per heavy atom. The molecule has 4 heteroatoms. The molecule has 0 aromatic carbocycles. The number of rotatable bonds is 8. The lowest BCUT2D eigenvalue weighted by atomic mass is 10.2. The Labute approximate surface area is 104 Å². The Balaban J connectivity index is 2.47. The number of hydrogen-bond donors (Lipinski definition) is 1. The van der Waals surface area contributed by atoms with Gasteiger partial charge in [0.25, 0.3) is 0 Å². The van der Waals surface area contributed by atoms with Crippen LogP contribution in [0.4, 0.5) is 0 Å². The normalized spacial score (nSPS) is 11.4. The molecule has 1 heterocycles. The topological polar surface area (TPSA) is 39.1 Å². The van der Waals surface area contributed by atoms with E-state index in [0.717, 1.165) is 38.5 Å². The van der Waals surface area contributed by atoms with Crippen LogP contribution < -0.4 is 5.32 Å². The molecule has 1 aromatic heterocycles. The van der Waals surface area contributed by atoms with Crippen LogP contribution in [-0.2, 0) is 17.8 Å². The number of ether oxygens (including phenoxy) is 1. The van der Waals surface area contributed by atoms with Crippen molar-refractivity contribution in [1.29, 1.82) is 0 Å². The van der Waals surface area contributed by atoms with Crippen LogP contribution in [0.1, 0.15) is 31.8 Å². The lowest BCUT2D eigenvalue weighted by Crippen LogP contribution is -2.21. The van der Waals surface area contributed by atoms with E-state index in [1.807, 2.05) is 6.20 Å². The van der Waals surface area contributed by atoms with Gasteiger partial charge >= 0.3 is 0 Å². The van der Waals surface area contributed by atoms with Gasteiger partial charge in [-0.2, -0.15) is 0 Å². The molecule has 0 saturated heterocycles. The van der Waals surface area contributed by atoms with Crippen LogP contribution in [0.3, 0.4) is 0 Å². The van der Waals surface area contributed by atoms with Crippen molar-refractivity contribution in [1.82, 2.24) is 14.9 Å². The maximum absolute atomic E-state index is 5.08. The molecule has 0 spiro atoms. The lowest BCUT2D eigenvalue weighted by Gasteiger charge is -2.11. The third kappa shape index (κ3) is 4.88. The van der Waals surface area contributed by atoms with E-state index in [1.54, 1.807) is 7.11 Å². The zero-order valence-corrected chi connectivity index (χ0v) is 11.5. The average Bonchev–Trinajstić information content (AvgIpc) is 2.61. The van der Waals surface area contributed by atoms with Crippen LogP contribution in [-0.4, -0.2) is 29.8 Å². The SMILES string of the molecule is COCCCn1c(CNCC(C)C)cnc1C. The summed E-state index contributed by atoms with van der Waals surface area (Å²) in [6.07, 6.45) is 3.00. The Morgan fingerprint density at radius 2 is 2.24 bits per heavy atom. The highest BCUT2D eigenvalue weighted by atomic mass is 16.5. The summed E-state index contributed by atoms with van der Waals surface area (Å²) in [7, 11) is 1.74. The van der Waals surface area contributed by atoms with Gasteiger partial charge in [-0.3, -0.25) is 0 Å². The molecule has 0 unspecified atom stereocenters. The van der Waals surface area contributed by atoms with Crippen molar-refractivity contribution in [3.63, 3.8) is 0 Å². The van der Waals surface area contributed by atoms with Crippen molar-refractivity contribution >= 4 is 0 Å². The summed E-state index contributed by atoms with van der Waals surface area (Å²) in [4.78, 5) is 4.38. The molecular weight excluding hydrogens is 214 g/mol. The molecule has 0 aliphatic heterocycles. The molecule has 17 heavy (non-hydrogen) atoms. The molecule has 0 atom stereocenters. The second-order valence-corrected chi connectivity index (χ2v) is 4.82. The first kappa shape index (κ1) is 14.2. The van der Waals surface area contributed by atoms with Crippen LogP contribution in [0.2, 0.25) is 0 Å². The number of imidazole rings is 1. The molecule has 0 saturated carbocycles. The van der Waals surface area contributed by atoms with E-state index in [2.05, 4.69) is 35.6 Å². The highest BCUT2D eigenvalue weighted by Crippen LogP contribution is 2.06. The lowest BCUT2D eigenvalue weighted by molar-refractivity contribution is 0.189. The van der Waals surface area contributed by atoms with Gasteiger partial charge in [-0.15, -0.1) is 0 Å². The summed E-state index contributed by atoms with van der Waals surface area (Å²) in [5.41, 5.74) is 1.26. The Kier molecular flexibility index (Phi) is 6.22. The maximum atomic E-state index is 5.08. The largest absolute Gasteiger partial charge is 0.385 e. The van der Waals surface area contributed by atoms with Gasteiger partial charge in [0.05, 0.1) is 5.69 Å². The molecule has 0 bridgehead atoms. The predicted molar refractivity (Wildman–Crippen MR) is 70.0 cm³/mol. The molecule has 1 rings (SSSR count). The molecule has 0 radical (unpaired) electrons. The zero-order valence-electron chi connectivity index (χ0n) is 11.5. The predicted octanol–water partition coefficient (Wildman–Crippen LogP) is 1.97. The second kappa shape index (κ2) is 7.45. The molecule has 1 N–H and O–H groups in total. The van der Waals surface area contributed by atoms with Crippen molar-refractivity contribution in [2.24, 2.45) is 5.92 Å². The van der Waals surface area contributed by atoms with Gasteiger partial charge < -0.3 is 14.6 Å². The van der Waals surface area contributed by atoms with E-state index in [1.165, 1.54) is 5.69 Å². The first-order valence-corrected chi connectivity index (χ1v) is 6.35. The smallest absolute Gasteiger partial charge is 0.105 e. The standard InChI is InChI=1S/C13H25N3O/c1-11(2)8-14-9-13-10-15-12(3)16(13)6-5-7-17-4/h10-11,14H,5-9H2,1-4H3. The van der Waals surface area contributed by atoms with Crippen molar-refractivity contribution in [3.8, 4) is 0 Å².